The molecule has 0 bridgehead atoms. The molecule has 76 valence electrons. The van der Waals surface area contributed by atoms with Gasteiger partial charge in [0.15, 0.2) is 0 Å². The van der Waals surface area contributed by atoms with Crippen LogP contribution in [0.3, 0.4) is 0 Å². The van der Waals surface area contributed by atoms with Gasteiger partial charge in [-0.25, -0.2) is 0 Å². The van der Waals surface area contributed by atoms with Crippen LogP contribution in [0.15, 0.2) is 0 Å². The second-order valence-electron chi connectivity index (χ2n) is 5.28. The summed E-state index contributed by atoms with van der Waals surface area (Å²) in [5.74, 6) is 1.08. The summed E-state index contributed by atoms with van der Waals surface area (Å²) in [5, 5.41) is 3.77. The van der Waals surface area contributed by atoms with Crippen molar-refractivity contribution in [3.8, 4) is 0 Å². The fourth-order valence-electron chi connectivity index (χ4n) is 2.49. The van der Waals surface area contributed by atoms with Crippen molar-refractivity contribution in [2.24, 2.45) is 5.92 Å². The topological polar surface area (TPSA) is 12.0 Å². The molecule has 2 aliphatic carbocycles. The molecule has 2 saturated carbocycles. The van der Waals surface area contributed by atoms with E-state index in [4.69, 9.17) is 0 Å². The predicted octanol–water partition coefficient (Wildman–Crippen LogP) is 3.10. The molecule has 2 fully saturated rings. The van der Waals surface area contributed by atoms with Crippen molar-refractivity contribution >= 4 is 0 Å². The van der Waals surface area contributed by atoms with Crippen LogP contribution < -0.4 is 5.32 Å². The summed E-state index contributed by atoms with van der Waals surface area (Å²) >= 11 is 0. The summed E-state index contributed by atoms with van der Waals surface area (Å²) in [5.41, 5.74) is 0.493. The molecule has 0 aromatic rings. The maximum absolute atomic E-state index is 3.77. The third-order valence-electron chi connectivity index (χ3n) is 3.76. The van der Waals surface area contributed by atoms with Gasteiger partial charge in [0.1, 0.15) is 0 Å². The molecule has 2 aliphatic rings. The average molecular weight is 181 g/mol. The Labute approximate surface area is 82.3 Å². The standard InChI is InChI=1S/C12H23N/c1-12(8-3-2-4-9-12)13-10-7-11-5-6-11/h11,13H,2-10H2,1H3. The molecule has 0 amide bonds. The Morgan fingerprint density at radius 3 is 2.46 bits per heavy atom. The highest BCUT2D eigenvalue weighted by molar-refractivity contribution is 4.86. The summed E-state index contributed by atoms with van der Waals surface area (Å²) in [6.45, 7) is 3.68. The van der Waals surface area contributed by atoms with Crippen molar-refractivity contribution in [3.63, 3.8) is 0 Å². The van der Waals surface area contributed by atoms with Gasteiger partial charge in [-0.1, -0.05) is 32.1 Å². The summed E-state index contributed by atoms with van der Waals surface area (Å²) in [4.78, 5) is 0. The normalized spacial score (nSPS) is 27.5. The van der Waals surface area contributed by atoms with E-state index in [0.29, 0.717) is 5.54 Å². The van der Waals surface area contributed by atoms with Gasteiger partial charge in [-0.15, -0.1) is 0 Å². The van der Waals surface area contributed by atoms with Crippen LogP contribution in [0.1, 0.15) is 58.3 Å². The first-order chi connectivity index (χ1) is 6.29. The van der Waals surface area contributed by atoms with Gasteiger partial charge in [0.2, 0.25) is 0 Å². The molecule has 0 spiro atoms. The summed E-state index contributed by atoms with van der Waals surface area (Å²) in [6.07, 6.45) is 11.6. The zero-order chi connectivity index (χ0) is 9.15. The van der Waals surface area contributed by atoms with Crippen LogP contribution in [0.4, 0.5) is 0 Å². The van der Waals surface area contributed by atoms with Crippen LogP contribution in [-0.2, 0) is 0 Å². The van der Waals surface area contributed by atoms with Crippen LogP contribution in [0.5, 0.6) is 0 Å². The molecular formula is C12H23N. The minimum atomic E-state index is 0.493. The molecule has 0 aliphatic heterocycles. The van der Waals surface area contributed by atoms with Gasteiger partial charge in [0.25, 0.3) is 0 Å². The highest BCUT2D eigenvalue weighted by atomic mass is 15.0. The molecule has 0 unspecified atom stereocenters. The van der Waals surface area contributed by atoms with Crippen LogP contribution in [0.25, 0.3) is 0 Å². The summed E-state index contributed by atoms with van der Waals surface area (Å²) in [7, 11) is 0. The SMILES string of the molecule is CC1(NCCC2CC2)CCCCC1. The fraction of sp³-hybridized carbons (Fsp3) is 1.00. The molecule has 2 rings (SSSR count). The first-order valence-electron chi connectivity index (χ1n) is 6.04. The van der Waals surface area contributed by atoms with Crippen molar-refractivity contribution in [2.45, 2.75) is 63.8 Å². The monoisotopic (exact) mass is 181 g/mol. The number of hydrogen-bond acceptors (Lipinski definition) is 1. The molecule has 1 nitrogen and oxygen atoms in total. The lowest BCUT2D eigenvalue weighted by molar-refractivity contribution is 0.252. The Kier molecular flexibility index (Phi) is 2.92. The quantitative estimate of drug-likeness (QED) is 0.702. The third-order valence-corrected chi connectivity index (χ3v) is 3.76. The van der Waals surface area contributed by atoms with Gasteiger partial charge in [-0.05, 0) is 38.6 Å². The molecule has 0 aromatic carbocycles. The van der Waals surface area contributed by atoms with Gasteiger partial charge in [-0.3, -0.25) is 0 Å². The van der Waals surface area contributed by atoms with E-state index < -0.39 is 0 Å². The van der Waals surface area contributed by atoms with Crippen LogP contribution in [0.2, 0.25) is 0 Å². The lowest BCUT2D eigenvalue weighted by Crippen LogP contribution is -2.44. The van der Waals surface area contributed by atoms with Crippen molar-refractivity contribution in [3.05, 3.63) is 0 Å². The lowest BCUT2D eigenvalue weighted by Gasteiger charge is -2.34. The smallest absolute Gasteiger partial charge is 0.0153 e. The van der Waals surface area contributed by atoms with E-state index in [1.807, 2.05) is 0 Å². The molecule has 0 radical (unpaired) electrons. The van der Waals surface area contributed by atoms with Crippen molar-refractivity contribution in [1.29, 1.82) is 0 Å². The van der Waals surface area contributed by atoms with Crippen LogP contribution in [-0.4, -0.2) is 12.1 Å². The zero-order valence-electron chi connectivity index (χ0n) is 8.94. The molecular weight excluding hydrogens is 158 g/mol. The molecule has 1 N–H and O–H groups in total. The lowest BCUT2D eigenvalue weighted by atomic mass is 9.83. The Balaban J connectivity index is 1.64. The number of nitrogens with one attached hydrogen (secondary N) is 1. The molecule has 13 heavy (non-hydrogen) atoms. The van der Waals surface area contributed by atoms with Crippen molar-refractivity contribution in [2.75, 3.05) is 6.54 Å². The number of hydrogen-bond donors (Lipinski definition) is 1. The second kappa shape index (κ2) is 4.00. The minimum absolute atomic E-state index is 0.493. The second-order valence-corrected chi connectivity index (χ2v) is 5.28. The Morgan fingerprint density at radius 2 is 1.85 bits per heavy atom. The van der Waals surface area contributed by atoms with Crippen LogP contribution in [0, 0.1) is 5.92 Å². The third kappa shape index (κ3) is 2.98. The summed E-state index contributed by atoms with van der Waals surface area (Å²) < 4.78 is 0. The Bertz CT molecular complexity index is 155. The zero-order valence-corrected chi connectivity index (χ0v) is 8.94. The largest absolute Gasteiger partial charge is 0.312 e. The van der Waals surface area contributed by atoms with Gasteiger partial charge < -0.3 is 5.32 Å². The van der Waals surface area contributed by atoms with E-state index >= 15 is 0 Å². The first kappa shape index (κ1) is 9.51. The predicted molar refractivity (Wildman–Crippen MR) is 56.8 cm³/mol. The van der Waals surface area contributed by atoms with Gasteiger partial charge in [0.05, 0.1) is 0 Å². The number of rotatable bonds is 4. The Hall–Kier alpha value is -0.0400. The first-order valence-corrected chi connectivity index (χ1v) is 6.04. The van der Waals surface area contributed by atoms with Gasteiger partial charge in [-0.2, -0.15) is 0 Å². The van der Waals surface area contributed by atoms with Gasteiger partial charge in [0, 0.05) is 5.54 Å². The van der Waals surface area contributed by atoms with Crippen LogP contribution >= 0.6 is 0 Å². The van der Waals surface area contributed by atoms with Crippen molar-refractivity contribution < 1.29 is 0 Å². The molecule has 0 aromatic heterocycles. The highest BCUT2D eigenvalue weighted by Crippen LogP contribution is 2.33. The van der Waals surface area contributed by atoms with E-state index in [1.165, 1.54) is 57.9 Å². The molecule has 0 saturated heterocycles. The fourth-order valence-corrected chi connectivity index (χ4v) is 2.49. The molecule has 0 heterocycles. The highest BCUT2D eigenvalue weighted by Gasteiger charge is 2.27. The maximum Gasteiger partial charge on any atom is 0.0153 e. The van der Waals surface area contributed by atoms with E-state index in [-0.39, 0.29) is 0 Å². The molecule has 0 atom stereocenters. The van der Waals surface area contributed by atoms with E-state index in [1.54, 1.807) is 0 Å². The van der Waals surface area contributed by atoms with E-state index in [9.17, 15) is 0 Å². The molecule has 1 heteroatoms. The van der Waals surface area contributed by atoms with E-state index in [2.05, 4.69) is 12.2 Å². The van der Waals surface area contributed by atoms with Crippen molar-refractivity contribution in [1.82, 2.24) is 5.32 Å². The van der Waals surface area contributed by atoms with Gasteiger partial charge >= 0.3 is 0 Å². The maximum atomic E-state index is 3.77. The Morgan fingerprint density at radius 1 is 1.15 bits per heavy atom. The average Bonchev–Trinajstić information content (AvgIpc) is 2.89. The summed E-state index contributed by atoms with van der Waals surface area (Å²) in [6, 6.07) is 0. The minimum Gasteiger partial charge on any atom is -0.312 e. The van der Waals surface area contributed by atoms with E-state index in [0.717, 1.165) is 5.92 Å².